The second-order valence-corrected chi connectivity index (χ2v) is 8.09. The second-order valence-electron chi connectivity index (χ2n) is 6.93. The van der Waals surface area contributed by atoms with E-state index in [4.69, 9.17) is 0 Å². The molecular formula is C20H28IN3O3. The Morgan fingerprint density at radius 3 is 2.52 bits per heavy atom. The fraction of sp³-hybridized carbons (Fsp3) is 0.550. The van der Waals surface area contributed by atoms with Gasteiger partial charge in [0.1, 0.15) is 0 Å². The number of hydrogen-bond donors (Lipinski definition) is 1. The van der Waals surface area contributed by atoms with Gasteiger partial charge in [-0.1, -0.05) is 25.5 Å². The average molecular weight is 485 g/mol. The van der Waals surface area contributed by atoms with Gasteiger partial charge in [0.2, 0.25) is 11.8 Å². The van der Waals surface area contributed by atoms with E-state index >= 15 is 0 Å². The molecule has 1 aliphatic rings. The van der Waals surface area contributed by atoms with Gasteiger partial charge in [-0.2, -0.15) is 0 Å². The minimum atomic E-state index is -0.240. The molecule has 0 saturated carbocycles. The van der Waals surface area contributed by atoms with Gasteiger partial charge in [0, 0.05) is 36.2 Å². The molecular weight excluding hydrogens is 457 g/mol. The molecule has 1 aromatic carbocycles. The largest absolute Gasteiger partial charge is 0.346 e. The lowest BCUT2D eigenvalue weighted by Gasteiger charge is -2.33. The summed E-state index contributed by atoms with van der Waals surface area (Å²) in [5, 5.41) is 2.70. The monoisotopic (exact) mass is 485 g/mol. The fourth-order valence-corrected chi connectivity index (χ4v) is 3.83. The summed E-state index contributed by atoms with van der Waals surface area (Å²) >= 11 is 2.11. The number of halogens is 1. The number of carbonyl (C=O) groups is 3. The van der Waals surface area contributed by atoms with E-state index in [9.17, 15) is 14.4 Å². The van der Waals surface area contributed by atoms with Crippen LogP contribution in [0.5, 0.6) is 0 Å². The second kappa shape index (κ2) is 10.6. The highest BCUT2D eigenvalue weighted by Crippen LogP contribution is 2.19. The molecule has 1 aliphatic heterocycles. The van der Waals surface area contributed by atoms with Crippen LogP contribution in [0.4, 0.5) is 0 Å². The van der Waals surface area contributed by atoms with Gasteiger partial charge >= 0.3 is 0 Å². The number of benzene rings is 1. The molecule has 2 rings (SSSR count). The molecule has 0 unspecified atom stereocenters. The molecule has 148 valence electrons. The summed E-state index contributed by atoms with van der Waals surface area (Å²) in [6, 6.07) is 7.28. The van der Waals surface area contributed by atoms with E-state index in [1.165, 1.54) is 0 Å². The number of rotatable bonds is 7. The van der Waals surface area contributed by atoms with Crippen molar-refractivity contribution in [2.45, 2.75) is 32.6 Å². The lowest BCUT2D eigenvalue weighted by atomic mass is 9.95. The van der Waals surface area contributed by atoms with Crippen molar-refractivity contribution < 1.29 is 14.4 Å². The van der Waals surface area contributed by atoms with Crippen LogP contribution in [0.1, 0.15) is 43.0 Å². The maximum Gasteiger partial charge on any atom is 0.252 e. The van der Waals surface area contributed by atoms with E-state index in [2.05, 4.69) is 34.8 Å². The van der Waals surface area contributed by atoms with Crippen LogP contribution in [-0.2, 0) is 9.59 Å². The van der Waals surface area contributed by atoms with Crippen molar-refractivity contribution in [2.75, 3.05) is 33.2 Å². The van der Waals surface area contributed by atoms with E-state index in [0.717, 1.165) is 23.0 Å². The topological polar surface area (TPSA) is 69.7 Å². The summed E-state index contributed by atoms with van der Waals surface area (Å²) in [7, 11) is 1.86. The zero-order valence-corrected chi connectivity index (χ0v) is 18.2. The van der Waals surface area contributed by atoms with Crippen molar-refractivity contribution >= 4 is 40.3 Å². The Bertz CT molecular complexity index is 672. The van der Waals surface area contributed by atoms with Crippen LogP contribution in [0.25, 0.3) is 0 Å². The third kappa shape index (κ3) is 6.19. The molecule has 1 fully saturated rings. The van der Waals surface area contributed by atoms with Crippen LogP contribution in [0.2, 0.25) is 0 Å². The summed E-state index contributed by atoms with van der Waals surface area (Å²) in [4.78, 5) is 40.6. The Hall–Kier alpha value is -1.64. The minimum Gasteiger partial charge on any atom is -0.346 e. The molecule has 1 N–H and O–H groups in total. The summed E-state index contributed by atoms with van der Waals surface area (Å²) in [6.45, 7) is 4.02. The van der Waals surface area contributed by atoms with Crippen molar-refractivity contribution in [3.63, 3.8) is 0 Å². The minimum absolute atomic E-state index is 0.00334. The van der Waals surface area contributed by atoms with E-state index in [1.807, 2.05) is 24.1 Å². The lowest BCUT2D eigenvalue weighted by Crippen LogP contribution is -2.46. The Kier molecular flexibility index (Phi) is 8.53. The van der Waals surface area contributed by atoms with Gasteiger partial charge in [0.15, 0.2) is 0 Å². The van der Waals surface area contributed by atoms with Crippen molar-refractivity contribution in [2.24, 2.45) is 5.92 Å². The van der Waals surface area contributed by atoms with Gasteiger partial charge in [0.25, 0.3) is 5.91 Å². The predicted octanol–water partition coefficient (Wildman–Crippen LogP) is 2.52. The molecule has 6 nitrogen and oxygen atoms in total. The predicted molar refractivity (Wildman–Crippen MR) is 113 cm³/mol. The van der Waals surface area contributed by atoms with Crippen LogP contribution in [0, 0.1) is 9.49 Å². The Balaban J connectivity index is 1.77. The van der Waals surface area contributed by atoms with E-state index in [0.29, 0.717) is 31.5 Å². The maximum atomic E-state index is 12.4. The van der Waals surface area contributed by atoms with Gasteiger partial charge in [-0.3, -0.25) is 14.4 Å². The molecule has 0 aliphatic carbocycles. The van der Waals surface area contributed by atoms with E-state index in [-0.39, 0.29) is 30.2 Å². The number of amides is 3. The van der Waals surface area contributed by atoms with Crippen LogP contribution in [0.3, 0.4) is 0 Å². The van der Waals surface area contributed by atoms with Crippen molar-refractivity contribution in [1.29, 1.82) is 0 Å². The normalized spacial score (nSPS) is 14.7. The lowest BCUT2D eigenvalue weighted by molar-refractivity contribution is -0.139. The molecule has 3 amide bonds. The standard InChI is InChI=1S/C20H28IN3O3/c1-3-4-11-23(2)20(27)15-9-12-24(13-10-15)18(25)14-22-19(26)16-7-5-6-8-17(16)21/h5-8,15H,3-4,9-14H2,1-2H3,(H,22,26). The molecule has 7 heteroatoms. The van der Waals surface area contributed by atoms with Crippen molar-refractivity contribution in [3.05, 3.63) is 33.4 Å². The highest BCUT2D eigenvalue weighted by molar-refractivity contribution is 14.1. The SMILES string of the molecule is CCCCN(C)C(=O)C1CCN(C(=O)CNC(=O)c2ccccc2I)CC1. The molecule has 0 bridgehead atoms. The molecule has 0 aromatic heterocycles. The zero-order valence-electron chi connectivity index (χ0n) is 16.0. The van der Waals surface area contributed by atoms with Crippen molar-refractivity contribution in [3.8, 4) is 0 Å². The zero-order chi connectivity index (χ0) is 19.8. The summed E-state index contributed by atoms with van der Waals surface area (Å²) in [5.74, 6) is -0.158. The Morgan fingerprint density at radius 1 is 1.22 bits per heavy atom. The molecule has 1 heterocycles. The van der Waals surface area contributed by atoms with E-state index < -0.39 is 0 Å². The van der Waals surface area contributed by atoms with Crippen LogP contribution in [-0.4, -0.2) is 60.7 Å². The molecule has 1 saturated heterocycles. The number of nitrogens with zero attached hydrogens (tertiary/aromatic N) is 2. The van der Waals surface area contributed by atoms with Gasteiger partial charge in [-0.05, 0) is 54.0 Å². The summed E-state index contributed by atoms with van der Waals surface area (Å²) in [5.41, 5.74) is 0.574. The Morgan fingerprint density at radius 2 is 1.89 bits per heavy atom. The smallest absolute Gasteiger partial charge is 0.252 e. The molecule has 0 radical (unpaired) electrons. The van der Waals surface area contributed by atoms with E-state index in [1.54, 1.807) is 17.0 Å². The van der Waals surface area contributed by atoms with Crippen LogP contribution < -0.4 is 5.32 Å². The molecule has 0 spiro atoms. The van der Waals surface area contributed by atoms with Gasteiger partial charge < -0.3 is 15.1 Å². The maximum absolute atomic E-state index is 12.4. The number of piperidine rings is 1. The number of hydrogen-bond acceptors (Lipinski definition) is 3. The summed E-state index contributed by atoms with van der Waals surface area (Å²) in [6.07, 6.45) is 3.45. The quantitative estimate of drug-likeness (QED) is 0.604. The number of carbonyl (C=O) groups excluding carboxylic acids is 3. The van der Waals surface area contributed by atoms with Gasteiger partial charge in [0.05, 0.1) is 12.1 Å². The number of nitrogens with one attached hydrogen (secondary N) is 1. The third-order valence-electron chi connectivity index (χ3n) is 4.94. The molecule has 27 heavy (non-hydrogen) atoms. The Labute approximate surface area is 174 Å². The summed E-state index contributed by atoms with van der Waals surface area (Å²) < 4.78 is 0.853. The molecule has 1 aromatic rings. The highest BCUT2D eigenvalue weighted by atomic mass is 127. The molecule has 0 atom stereocenters. The number of likely N-dealkylation sites (tertiary alicyclic amines) is 1. The first-order chi connectivity index (χ1) is 12.9. The van der Waals surface area contributed by atoms with Crippen molar-refractivity contribution in [1.82, 2.24) is 15.1 Å². The fourth-order valence-electron chi connectivity index (χ4n) is 3.20. The first kappa shape index (κ1) is 21.7. The van der Waals surface area contributed by atoms with Crippen LogP contribution in [0.15, 0.2) is 24.3 Å². The first-order valence-corrected chi connectivity index (χ1v) is 10.6. The average Bonchev–Trinajstić information content (AvgIpc) is 2.69. The van der Waals surface area contributed by atoms with Crippen LogP contribution >= 0.6 is 22.6 Å². The van der Waals surface area contributed by atoms with Gasteiger partial charge in [-0.25, -0.2) is 0 Å². The van der Waals surface area contributed by atoms with Gasteiger partial charge in [-0.15, -0.1) is 0 Å². The third-order valence-corrected chi connectivity index (χ3v) is 5.88. The highest BCUT2D eigenvalue weighted by Gasteiger charge is 2.29. The number of unbranched alkanes of at least 4 members (excludes halogenated alkanes) is 1. The first-order valence-electron chi connectivity index (χ1n) is 9.49.